The molecule has 0 radical (unpaired) electrons. The molecule has 0 aliphatic heterocycles. The molecule has 0 N–H and O–H groups in total. The Morgan fingerprint density at radius 2 is 0.533 bits per heavy atom. The first kappa shape index (κ1) is 102. The van der Waals surface area contributed by atoms with Gasteiger partial charge < -0.3 is 0 Å². The van der Waals surface area contributed by atoms with E-state index in [0.717, 1.165) is 39.0 Å². The molecule has 0 aromatic carbocycles. The van der Waals surface area contributed by atoms with Gasteiger partial charge in [0, 0.05) is 631 Å². The summed E-state index contributed by atoms with van der Waals surface area (Å²) in [5.41, 5.74) is 5.78. The standard InChI is InChI=1S/C20H26BrN3.S68/c1-12-17(21)23-18-14-8-9-16(20(5,6)7)22-15(14)10-13(24(12)18)11-19(2,3)4;1-3-5-7-9-11-13-15-17-19-21-23-25-27-29-31-33-35-37-39-41-43-45-47-49-51-53-55-57-59-61-63-65-67-68-66-64-62-60-58-56-54-52-50-48-46-44-42-40-38-36-34-32-30-28-26-24-22-20-18-16-14-12-10-8-6-4-2/h8-10H,11H2,1-7H3;. The van der Waals surface area contributed by atoms with Gasteiger partial charge in [0.1, 0.15) is 10.3 Å². The molecular weight excluding hydrogens is 2540 g/mol. The molecule has 72 heteroatoms. The summed E-state index contributed by atoms with van der Waals surface area (Å²) in [6.07, 6.45) is 0.977. The van der Waals surface area contributed by atoms with Crippen molar-refractivity contribution in [3.05, 3.63) is 39.9 Å². The molecule has 92 heavy (non-hydrogen) atoms. The molecule has 0 saturated heterocycles. The maximum absolute atomic E-state index is 4.96. The van der Waals surface area contributed by atoms with Gasteiger partial charge in [-0.05, 0) is 52.9 Å². The zero-order valence-corrected chi connectivity index (χ0v) is 101. The Morgan fingerprint density at radius 1 is 0.326 bits per heavy atom. The zero-order chi connectivity index (χ0) is 66.5. The second-order valence-electron chi connectivity index (χ2n) is 13.4. The van der Waals surface area contributed by atoms with Gasteiger partial charge in [-0.3, -0.25) is 9.38 Å². The Kier molecular flexibility index (Phi) is 83.8. The van der Waals surface area contributed by atoms with Crippen LogP contribution in [0.2, 0.25) is 0 Å². The third-order valence-corrected chi connectivity index (χ3v) is 151. The molecule has 536 valence electrons. The smallest absolute Gasteiger partial charge is 0.148 e. The molecule has 0 saturated carbocycles. The van der Waals surface area contributed by atoms with Crippen LogP contribution < -0.4 is 0 Å². The zero-order valence-electron chi connectivity index (χ0n) is 43.4. The second kappa shape index (κ2) is 75.9. The van der Waals surface area contributed by atoms with Crippen molar-refractivity contribution in [2.24, 2.45) is 5.41 Å². The van der Waals surface area contributed by atoms with Crippen LogP contribution in [-0.4, -0.2) is 14.4 Å². The second-order valence-corrected chi connectivity index (χ2v) is 131. The van der Waals surface area contributed by atoms with Crippen molar-refractivity contribution >= 4 is 641 Å². The largest absolute Gasteiger partial charge is 0.299 e. The maximum atomic E-state index is 4.96. The first-order valence-corrected chi connectivity index (χ1v) is 110. The van der Waals surface area contributed by atoms with Crippen molar-refractivity contribution < 1.29 is 0 Å². The van der Waals surface area contributed by atoms with Crippen molar-refractivity contribution in [1.82, 2.24) is 14.4 Å². The van der Waals surface area contributed by atoms with Crippen LogP contribution in [0.4, 0.5) is 0 Å². The molecule has 0 fully saturated rings. The molecule has 0 spiro atoms. The Bertz CT molecular complexity index is 6260. The molecule has 0 aliphatic carbocycles. The summed E-state index contributed by atoms with van der Waals surface area (Å²) in [7, 11) is 119. The lowest BCUT2D eigenvalue weighted by Gasteiger charge is -2.21. The van der Waals surface area contributed by atoms with Gasteiger partial charge in [-0.1, -0.05) is 41.5 Å². The minimum absolute atomic E-state index is 0.0381. The van der Waals surface area contributed by atoms with Crippen LogP contribution in [0.5, 0.6) is 0 Å². The number of pyridine rings is 2. The number of aryl methyl sites for hydroxylation is 1. The lowest BCUT2D eigenvalue weighted by molar-refractivity contribution is 0.404. The molecule has 3 aromatic rings. The van der Waals surface area contributed by atoms with Gasteiger partial charge in [-0.25, -0.2) is 4.98 Å². The van der Waals surface area contributed by atoms with Gasteiger partial charge in [-0.15, -0.1) is 0 Å². The molecule has 0 aliphatic rings. The van der Waals surface area contributed by atoms with Gasteiger partial charge in [-0.2, -0.15) is 0 Å². The van der Waals surface area contributed by atoms with Gasteiger partial charge in [0.25, 0.3) is 0 Å². The number of halogens is 1. The van der Waals surface area contributed by atoms with Crippen LogP contribution >= 0.6 is 15.9 Å². The molecule has 3 aromatic heterocycles. The van der Waals surface area contributed by atoms with Crippen molar-refractivity contribution in [1.29, 1.82) is 0 Å². The van der Waals surface area contributed by atoms with E-state index in [1.165, 1.54) is 23.5 Å². The summed E-state index contributed by atoms with van der Waals surface area (Å²) in [5, 5.41) is 1.11. The average molecular weight is 2570 g/mol. The number of hydrogen-bond acceptors (Lipinski definition) is 4. The average Bonchev–Trinajstić information content (AvgIpc) is 1.67. The molecular formula is C20H26BrN3S68. The van der Waals surface area contributed by atoms with Gasteiger partial charge in [0.05, 0.1) is 11.2 Å². The van der Waals surface area contributed by atoms with Crippen LogP contribution in [0.1, 0.15) is 58.6 Å². The number of hydrogen-bond donors (Lipinski definition) is 0. The molecule has 0 atom stereocenters. The quantitative estimate of drug-likeness (QED) is 0.315. The summed E-state index contributed by atoms with van der Waals surface area (Å²) in [5.74, 6) is 0. The highest BCUT2D eigenvalue weighted by Crippen LogP contribution is 2.31. The van der Waals surface area contributed by atoms with Crippen LogP contribution in [-0.2, 0) is 620 Å². The Hall–Kier alpha value is 13.5. The Labute approximate surface area is 740 Å². The van der Waals surface area contributed by atoms with E-state index >= 15 is 0 Å². The third-order valence-electron chi connectivity index (χ3n) is 6.09. The van der Waals surface area contributed by atoms with E-state index in [1.807, 2.05) is 462 Å². The first-order valence-electron chi connectivity index (χ1n) is 19.6. The lowest BCUT2D eigenvalue weighted by Crippen LogP contribution is -2.15. The summed E-state index contributed by atoms with van der Waals surface area (Å²) in [6, 6.07) is 6.53. The van der Waals surface area contributed by atoms with Crippen molar-refractivity contribution in [2.75, 3.05) is 0 Å². The molecule has 0 amide bonds. The van der Waals surface area contributed by atoms with Crippen molar-refractivity contribution in [3.8, 4) is 0 Å². The predicted octanol–water partition coefficient (Wildman–Crippen LogP) is 5.68. The third kappa shape index (κ3) is 63.9. The van der Waals surface area contributed by atoms with E-state index < -0.39 is 0 Å². The van der Waals surface area contributed by atoms with Crippen LogP contribution in [0, 0.1) is 12.3 Å². The van der Waals surface area contributed by atoms with Gasteiger partial charge in [0.2, 0.25) is 0 Å². The van der Waals surface area contributed by atoms with E-state index in [0.29, 0.717) is 0 Å². The minimum Gasteiger partial charge on any atom is -0.299 e. The first-order chi connectivity index (χ1) is 44.9. The van der Waals surface area contributed by atoms with E-state index in [1.54, 1.807) is 107 Å². The molecule has 0 unspecified atom stereocenters. The highest BCUT2D eigenvalue weighted by Gasteiger charge is 2.21. The summed E-state index contributed by atoms with van der Waals surface area (Å²) in [6.45, 7) is 15.5. The molecule has 3 nitrogen and oxygen atoms in total. The number of rotatable bonds is 1. The van der Waals surface area contributed by atoms with Crippen LogP contribution in [0.15, 0.2) is 22.8 Å². The van der Waals surface area contributed by atoms with Crippen LogP contribution in [0.25, 0.3) is 16.6 Å². The minimum atomic E-state index is 0.0381. The fourth-order valence-electron chi connectivity index (χ4n) is 3.82. The highest BCUT2D eigenvalue weighted by atomic mass is 79.9. The van der Waals surface area contributed by atoms with Gasteiger partial charge in [0.15, 0.2) is 0 Å². The number of imidazole rings is 1. The molecule has 0 bridgehead atoms. The summed E-state index contributed by atoms with van der Waals surface area (Å²) < 4.78 is 3.18. The topological polar surface area (TPSA) is 30.2 Å². The van der Waals surface area contributed by atoms with E-state index in [2.05, 4.69) is 87.0 Å². The maximum Gasteiger partial charge on any atom is 0.148 e. The van der Waals surface area contributed by atoms with E-state index in [-0.39, 0.29) is 10.8 Å². The Balaban J connectivity index is 0.000000984. The van der Waals surface area contributed by atoms with Crippen molar-refractivity contribution in [2.45, 2.75) is 60.3 Å². The lowest BCUT2D eigenvalue weighted by atomic mass is 9.89. The monoisotopic (exact) mass is 2560 g/mol. The van der Waals surface area contributed by atoms with Crippen molar-refractivity contribution in [3.63, 3.8) is 0 Å². The van der Waals surface area contributed by atoms with E-state index in [4.69, 9.17) is 32.3 Å². The number of nitrogens with zero attached hydrogens (tertiary/aromatic N) is 3. The highest BCUT2D eigenvalue weighted by molar-refractivity contribution is 9.10. The molecule has 3 rings (SSSR count). The molecule has 3 heterocycles. The van der Waals surface area contributed by atoms with Gasteiger partial charge >= 0.3 is 0 Å². The van der Waals surface area contributed by atoms with Crippen LogP contribution in [0.3, 0.4) is 0 Å². The number of aromatic nitrogens is 3. The normalized spacial score (nSPS) is 9.22. The summed E-state index contributed by atoms with van der Waals surface area (Å²) >= 11 is 13.2. The number of fused-ring (bicyclic) bond motifs is 3. The Morgan fingerprint density at radius 3 is 0.717 bits per heavy atom. The van der Waals surface area contributed by atoms with E-state index in [9.17, 15) is 0 Å². The SMILES string of the molecule is Cc1c(Br)nc2c3ccc(C(C)(C)C)nc3cc(CC(C)(C)C)n12.S=S=S=S=S=S=S=S=S=S=S=S=S=S=S=S=S=S=S=S=S=S=S=S=S=S=S=S=S=S=S=S=S=S=S=S=S=S=S=S=S=S=S=S=S=S=S=S=S=S=S=S=S=S=S=S=S=S=S=S=S=S=S=S=S=S=S=S. The fraction of sp³-hybridized carbons (Fsp3) is 0.500. The predicted molar refractivity (Wildman–Crippen MR) is 606 cm³/mol. The fourth-order valence-corrected chi connectivity index (χ4v) is 180. The summed E-state index contributed by atoms with van der Waals surface area (Å²) in [4.78, 5) is 9.72.